The van der Waals surface area contributed by atoms with Gasteiger partial charge in [0.1, 0.15) is 31.1 Å². The van der Waals surface area contributed by atoms with Crippen molar-refractivity contribution in [3.05, 3.63) is 72.4 Å². The molecule has 4 atom stereocenters. The van der Waals surface area contributed by atoms with Crippen LogP contribution < -0.4 is 10.7 Å². The van der Waals surface area contributed by atoms with Gasteiger partial charge >= 0.3 is 12.0 Å². The number of piperidine rings is 1. The van der Waals surface area contributed by atoms with Gasteiger partial charge in [-0.1, -0.05) is 34.3 Å². The fourth-order valence-electron chi connectivity index (χ4n) is 10.4. The van der Waals surface area contributed by atoms with Crippen LogP contribution in [-0.4, -0.2) is 141 Å². The molecule has 6 bridgehead atoms. The maximum absolute atomic E-state index is 14.7. The number of nitrogens with one attached hydrogen (secondary N) is 2. The summed E-state index contributed by atoms with van der Waals surface area (Å²) in [6.07, 6.45) is 6.79. The van der Waals surface area contributed by atoms with E-state index in [-0.39, 0.29) is 50.3 Å². The quantitative estimate of drug-likeness (QED) is 0.155. The van der Waals surface area contributed by atoms with Crippen molar-refractivity contribution in [1.29, 1.82) is 0 Å². The van der Waals surface area contributed by atoms with Gasteiger partial charge in [0.15, 0.2) is 0 Å². The first-order valence-electron chi connectivity index (χ1n) is 24.2. The molecule has 2 N–H and O–H groups in total. The number of nitrogens with zero attached hydrogens (tertiary/aromatic N) is 7. The molecule has 370 valence electrons. The highest BCUT2D eigenvalue weighted by Crippen LogP contribution is 2.42. The van der Waals surface area contributed by atoms with E-state index in [4.69, 9.17) is 28.6 Å². The van der Waals surface area contributed by atoms with E-state index in [1.807, 2.05) is 32.9 Å². The summed E-state index contributed by atoms with van der Waals surface area (Å²) < 4.78 is 26.4. The summed E-state index contributed by atoms with van der Waals surface area (Å²) in [6.45, 7) is 17.9. The number of aryl methyl sites for hydroxylation is 1. The Hall–Kier alpha value is -6.11. The molecule has 18 nitrogen and oxygen atoms in total. The van der Waals surface area contributed by atoms with Gasteiger partial charge in [0.2, 0.25) is 17.7 Å². The van der Waals surface area contributed by atoms with Gasteiger partial charge in [-0.25, -0.2) is 15.2 Å². The molecule has 1 aromatic carbocycles. The largest absolute Gasteiger partial charge is 0.464 e. The Morgan fingerprint density at radius 1 is 1.10 bits per heavy atom. The van der Waals surface area contributed by atoms with E-state index in [2.05, 4.69) is 60.9 Å². The Kier molecular flexibility index (Phi) is 14.4. The molecular formula is C51H67N9O9. The maximum atomic E-state index is 14.7. The molecule has 0 unspecified atom stereocenters. The molecule has 3 fully saturated rings. The standard InChI is InChI=1S/C51H67N9O9/c1-10-41(61)58-28-51(69-30-58)18-22-57(23-19-51)49(65)56(8)43(31(3)4)45(62)54-39-25-34-27-67-46(53-34)33-16-17-40-36(24-33)37(44(59(40)11-2)35-14-12-20-52-42(35)32(5)66-9)26-50(6,7)29-68-48(64)38-15-13-21-60(55-38)47(39)63/h10,12,14,16-17,20,24,27,31-32,38-39,43,55H,1,11,13,15,18-19,21-23,25-26,28-30H2,2-9H3,(H,54,62)/t32-,38-,39-,43-/m0/s1. The molecule has 1 spiro atoms. The van der Waals surface area contributed by atoms with Crippen LogP contribution in [0.25, 0.3) is 33.6 Å². The Balaban J connectivity index is 1.11. The van der Waals surface area contributed by atoms with Crippen LogP contribution >= 0.6 is 0 Å². The molecule has 0 radical (unpaired) electrons. The van der Waals surface area contributed by atoms with Crippen LogP contribution in [0.2, 0.25) is 0 Å². The zero-order valence-corrected chi connectivity index (χ0v) is 41.2. The number of ether oxygens (including phenoxy) is 3. The number of oxazole rings is 1. The van der Waals surface area contributed by atoms with Crippen LogP contribution in [0.5, 0.6) is 0 Å². The molecule has 3 aromatic heterocycles. The number of fused-ring (bicyclic) bond motifs is 6. The zero-order valence-electron chi connectivity index (χ0n) is 41.2. The highest BCUT2D eigenvalue weighted by Gasteiger charge is 2.45. The SMILES string of the molecule is C=CC(=O)N1COC2(CCN(C(=O)N(C)[C@H](C(=O)N[C@H]3Cc4coc(n4)-c4ccc5c(c4)c(c(-c4cccnc4[C@H](C)OC)n5CC)CC(C)(C)COC(=O)[C@@H]4CCCN(N4)C3=O)C(C)C)CC2)C1. The number of aromatic nitrogens is 3. The van der Waals surface area contributed by atoms with Gasteiger partial charge in [-0.2, -0.15) is 0 Å². The second-order valence-corrected chi connectivity index (χ2v) is 20.1. The third kappa shape index (κ3) is 10.0. The van der Waals surface area contributed by atoms with E-state index in [1.54, 1.807) is 30.2 Å². The minimum Gasteiger partial charge on any atom is -0.464 e. The number of hydrogen-bond acceptors (Lipinski definition) is 12. The summed E-state index contributed by atoms with van der Waals surface area (Å²) in [5.74, 6) is -1.65. The number of rotatable bonds is 9. The molecule has 3 saturated heterocycles. The minimum absolute atomic E-state index is 0.0388. The first-order chi connectivity index (χ1) is 33.0. The molecule has 7 heterocycles. The zero-order chi connectivity index (χ0) is 49.4. The van der Waals surface area contributed by atoms with Crippen LogP contribution in [0, 0.1) is 11.3 Å². The molecule has 8 rings (SSSR count). The number of hydrogen-bond donors (Lipinski definition) is 2. The highest BCUT2D eigenvalue weighted by molar-refractivity contribution is 5.95. The van der Waals surface area contributed by atoms with E-state index < -0.39 is 46.9 Å². The number of pyridine rings is 1. The van der Waals surface area contributed by atoms with Crippen molar-refractivity contribution in [2.45, 2.75) is 116 Å². The molecule has 4 aromatic rings. The molecule has 5 amide bonds. The van der Waals surface area contributed by atoms with Gasteiger partial charge in [0.25, 0.3) is 5.91 Å². The van der Waals surface area contributed by atoms with Gasteiger partial charge in [-0.15, -0.1) is 0 Å². The first kappa shape index (κ1) is 49.3. The lowest BCUT2D eigenvalue weighted by Crippen LogP contribution is -2.62. The average molecular weight is 950 g/mol. The summed E-state index contributed by atoms with van der Waals surface area (Å²) >= 11 is 0. The van der Waals surface area contributed by atoms with Gasteiger partial charge in [0.05, 0.1) is 41.9 Å². The fraction of sp³-hybridized carbons (Fsp3) is 0.549. The van der Waals surface area contributed by atoms with E-state index in [0.29, 0.717) is 69.9 Å². The van der Waals surface area contributed by atoms with E-state index in [1.165, 1.54) is 22.2 Å². The van der Waals surface area contributed by atoms with Crippen molar-refractivity contribution in [2.75, 3.05) is 53.7 Å². The van der Waals surface area contributed by atoms with E-state index in [0.717, 1.165) is 39.0 Å². The number of carbonyl (C=O) groups excluding carboxylic acids is 5. The Labute approximate surface area is 403 Å². The van der Waals surface area contributed by atoms with Crippen LogP contribution in [0.4, 0.5) is 4.79 Å². The van der Waals surface area contributed by atoms with Crippen molar-refractivity contribution in [3.63, 3.8) is 0 Å². The molecule has 18 heteroatoms. The number of likely N-dealkylation sites (N-methyl/N-ethyl adjacent to an activating group) is 1. The van der Waals surface area contributed by atoms with Gasteiger partial charge in [-0.05, 0) is 93.8 Å². The number of amides is 5. The fourth-order valence-corrected chi connectivity index (χ4v) is 10.4. The Morgan fingerprint density at radius 3 is 2.58 bits per heavy atom. The third-order valence-corrected chi connectivity index (χ3v) is 14.2. The number of benzene rings is 1. The van der Waals surface area contributed by atoms with Gasteiger partial charge in [0, 0.05) is 80.4 Å². The summed E-state index contributed by atoms with van der Waals surface area (Å²) in [5.41, 5.74) is 8.00. The summed E-state index contributed by atoms with van der Waals surface area (Å²) in [5, 5.41) is 5.37. The monoisotopic (exact) mass is 950 g/mol. The Bertz CT molecular complexity index is 2590. The Morgan fingerprint density at radius 2 is 1.87 bits per heavy atom. The van der Waals surface area contributed by atoms with Gasteiger partial charge in [-0.3, -0.25) is 29.2 Å². The number of hydrazine groups is 1. The van der Waals surface area contributed by atoms with E-state index >= 15 is 0 Å². The molecule has 4 aliphatic rings. The summed E-state index contributed by atoms with van der Waals surface area (Å²) in [4.78, 5) is 84.0. The summed E-state index contributed by atoms with van der Waals surface area (Å²) in [6, 6.07) is 6.86. The van der Waals surface area contributed by atoms with Crippen molar-refractivity contribution >= 4 is 40.6 Å². The second kappa shape index (κ2) is 20.1. The number of carbonyl (C=O) groups is 5. The molecule has 69 heavy (non-hydrogen) atoms. The number of esters is 1. The van der Waals surface area contributed by atoms with Crippen LogP contribution in [0.1, 0.15) is 90.3 Å². The molecular weight excluding hydrogens is 883 g/mol. The number of likely N-dealkylation sites (tertiary alicyclic amines) is 1. The predicted octanol–water partition coefficient (Wildman–Crippen LogP) is 5.65. The third-order valence-electron chi connectivity index (χ3n) is 14.2. The lowest BCUT2D eigenvalue weighted by atomic mass is 9.84. The van der Waals surface area contributed by atoms with Crippen molar-refractivity contribution < 1.29 is 42.6 Å². The van der Waals surface area contributed by atoms with E-state index in [9.17, 15) is 24.0 Å². The van der Waals surface area contributed by atoms with Crippen molar-refractivity contribution in [2.24, 2.45) is 11.3 Å². The molecule has 4 aliphatic heterocycles. The normalized spacial score (nSPS) is 21.5. The lowest BCUT2D eigenvalue weighted by molar-refractivity contribution is -0.155. The lowest BCUT2D eigenvalue weighted by Gasteiger charge is -2.41. The molecule has 0 aliphatic carbocycles. The number of cyclic esters (lactones) is 1. The molecule has 0 saturated carbocycles. The minimum atomic E-state index is -1.16. The predicted molar refractivity (Wildman–Crippen MR) is 257 cm³/mol. The maximum Gasteiger partial charge on any atom is 0.324 e. The van der Waals surface area contributed by atoms with Crippen LogP contribution in [-0.2, 0) is 52.8 Å². The average Bonchev–Trinajstić information content (AvgIpc) is 4.07. The van der Waals surface area contributed by atoms with Crippen molar-refractivity contribution in [3.8, 4) is 22.7 Å². The first-order valence-corrected chi connectivity index (χ1v) is 24.2. The van der Waals surface area contributed by atoms with Crippen molar-refractivity contribution in [1.82, 2.24) is 45.0 Å². The van der Waals surface area contributed by atoms with Gasteiger partial charge < -0.3 is 43.2 Å². The topological polar surface area (TPSA) is 194 Å². The summed E-state index contributed by atoms with van der Waals surface area (Å²) in [7, 11) is 3.27. The highest BCUT2D eigenvalue weighted by atomic mass is 16.5. The second-order valence-electron chi connectivity index (χ2n) is 20.1. The number of methoxy groups -OCH3 is 1. The van der Waals surface area contributed by atoms with Crippen LogP contribution in [0.3, 0.4) is 0 Å². The number of urea groups is 1. The van der Waals surface area contributed by atoms with Crippen LogP contribution in [0.15, 0.2) is 59.9 Å². The smallest absolute Gasteiger partial charge is 0.324 e.